The smallest absolute Gasteiger partial charge is 0.271 e. The van der Waals surface area contributed by atoms with Crippen LogP contribution in [0.25, 0.3) is 0 Å². The lowest BCUT2D eigenvalue weighted by Gasteiger charge is -2.19. The summed E-state index contributed by atoms with van der Waals surface area (Å²) in [7, 11) is 0. The lowest BCUT2D eigenvalue weighted by atomic mass is 9.97. The summed E-state index contributed by atoms with van der Waals surface area (Å²) >= 11 is 0. The molecule has 1 unspecified atom stereocenters. The fraction of sp³-hybridized carbons (Fsp3) is 0.143. The average Bonchev–Trinajstić information content (AvgIpc) is 2.44. The lowest BCUT2D eigenvalue weighted by Crippen LogP contribution is -2.30. The molecule has 0 aliphatic heterocycles. The second-order valence-electron chi connectivity index (χ2n) is 4.37. The summed E-state index contributed by atoms with van der Waals surface area (Å²) in [6.45, 7) is 0. The summed E-state index contributed by atoms with van der Waals surface area (Å²) in [6, 6.07) is 6.59. The Morgan fingerprint density at radius 2 is 1.67 bits per heavy atom. The van der Waals surface area contributed by atoms with Crippen LogP contribution in [0, 0.1) is 11.6 Å². The van der Waals surface area contributed by atoms with Crippen LogP contribution in [0.5, 0.6) is 0 Å². The molecule has 2 aromatic rings. The van der Waals surface area contributed by atoms with Gasteiger partial charge in [-0.1, -0.05) is 24.3 Å². The first-order valence-electron chi connectivity index (χ1n) is 5.91. The maximum Gasteiger partial charge on any atom is 0.416 e. The van der Waals surface area contributed by atoms with Crippen LogP contribution < -0.4 is 11.3 Å². The first kappa shape index (κ1) is 15.4. The molecule has 0 fully saturated rings. The molecule has 0 aliphatic carbocycles. The Morgan fingerprint density at radius 3 is 2.29 bits per heavy atom. The van der Waals surface area contributed by atoms with Crippen molar-refractivity contribution in [2.24, 2.45) is 5.84 Å². The Kier molecular flexibility index (Phi) is 4.24. The molecular formula is C14H11F5N2. The number of hydrazine groups is 1. The quantitative estimate of drug-likeness (QED) is 0.517. The predicted octanol–water partition coefficient (Wildman–Crippen LogP) is 3.54. The molecule has 0 spiro atoms. The van der Waals surface area contributed by atoms with Gasteiger partial charge < -0.3 is 0 Å². The summed E-state index contributed by atoms with van der Waals surface area (Å²) < 4.78 is 65.1. The minimum atomic E-state index is -4.53. The van der Waals surface area contributed by atoms with Crippen molar-refractivity contribution in [3.8, 4) is 0 Å². The molecule has 0 amide bonds. The zero-order chi connectivity index (χ0) is 15.6. The number of alkyl halides is 3. The second-order valence-corrected chi connectivity index (χ2v) is 4.37. The standard InChI is InChI=1S/C14H11F5N2/c15-11-6-2-5-10(12(11)16)13(21-20)8-3-1-4-9(7-8)14(17,18)19/h1-7,13,21H,20H2. The van der Waals surface area contributed by atoms with Gasteiger partial charge in [0.05, 0.1) is 11.6 Å². The van der Waals surface area contributed by atoms with Crippen LogP contribution in [0.1, 0.15) is 22.7 Å². The Labute approximate surface area is 117 Å². The van der Waals surface area contributed by atoms with Gasteiger partial charge in [0, 0.05) is 5.56 Å². The highest BCUT2D eigenvalue weighted by atomic mass is 19.4. The molecule has 0 bridgehead atoms. The van der Waals surface area contributed by atoms with E-state index in [1.807, 2.05) is 0 Å². The summed E-state index contributed by atoms with van der Waals surface area (Å²) in [5, 5.41) is 0. The molecule has 0 saturated carbocycles. The lowest BCUT2D eigenvalue weighted by molar-refractivity contribution is -0.137. The van der Waals surface area contributed by atoms with Crippen LogP contribution >= 0.6 is 0 Å². The Bertz CT molecular complexity index is 640. The van der Waals surface area contributed by atoms with E-state index in [2.05, 4.69) is 5.43 Å². The maximum atomic E-state index is 13.8. The number of nitrogens with one attached hydrogen (secondary N) is 1. The van der Waals surface area contributed by atoms with E-state index in [-0.39, 0.29) is 11.1 Å². The van der Waals surface area contributed by atoms with E-state index >= 15 is 0 Å². The fourth-order valence-electron chi connectivity index (χ4n) is 2.00. The van der Waals surface area contributed by atoms with Gasteiger partial charge in [-0.15, -0.1) is 0 Å². The maximum absolute atomic E-state index is 13.8. The monoisotopic (exact) mass is 302 g/mol. The fourth-order valence-corrected chi connectivity index (χ4v) is 2.00. The molecule has 2 aromatic carbocycles. The second kappa shape index (κ2) is 5.79. The van der Waals surface area contributed by atoms with Gasteiger partial charge in [0.25, 0.3) is 0 Å². The molecule has 0 heterocycles. The molecule has 2 nitrogen and oxygen atoms in total. The summed E-state index contributed by atoms with van der Waals surface area (Å²) in [5.74, 6) is 3.04. The van der Waals surface area contributed by atoms with Gasteiger partial charge >= 0.3 is 6.18 Å². The van der Waals surface area contributed by atoms with Gasteiger partial charge in [-0.25, -0.2) is 14.2 Å². The summed E-state index contributed by atoms with van der Waals surface area (Å²) in [4.78, 5) is 0. The third kappa shape index (κ3) is 3.20. The Balaban J connectivity index is 2.49. The first-order valence-corrected chi connectivity index (χ1v) is 5.91. The Hall–Kier alpha value is -1.99. The van der Waals surface area contributed by atoms with Crippen molar-refractivity contribution in [1.29, 1.82) is 0 Å². The molecule has 3 N–H and O–H groups in total. The third-order valence-corrected chi connectivity index (χ3v) is 3.01. The van der Waals surface area contributed by atoms with E-state index < -0.39 is 29.4 Å². The SMILES string of the molecule is NNC(c1cccc(C(F)(F)F)c1)c1cccc(F)c1F. The minimum absolute atomic E-state index is 0.0804. The van der Waals surface area contributed by atoms with E-state index in [9.17, 15) is 22.0 Å². The molecule has 0 saturated heterocycles. The first-order chi connectivity index (χ1) is 9.84. The number of halogens is 5. The van der Waals surface area contributed by atoms with Gasteiger partial charge in [0.2, 0.25) is 0 Å². The van der Waals surface area contributed by atoms with E-state index in [1.165, 1.54) is 24.3 Å². The third-order valence-electron chi connectivity index (χ3n) is 3.01. The molecule has 0 aliphatic rings. The molecule has 0 radical (unpaired) electrons. The zero-order valence-corrected chi connectivity index (χ0v) is 10.6. The van der Waals surface area contributed by atoms with Crippen molar-refractivity contribution in [3.05, 3.63) is 70.8 Å². The van der Waals surface area contributed by atoms with Crippen LogP contribution in [-0.4, -0.2) is 0 Å². The zero-order valence-electron chi connectivity index (χ0n) is 10.6. The summed E-state index contributed by atoms with van der Waals surface area (Å²) in [5.41, 5.74) is 1.23. The Morgan fingerprint density at radius 1 is 1.00 bits per heavy atom. The number of hydrogen-bond acceptors (Lipinski definition) is 2. The molecule has 0 aromatic heterocycles. The highest BCUT2D eigenvalue weighted by Gasteiger charge is 2.31. The number of rotatable bonds is 3. The van der Waals surface area contributed by atoms with Gasteiger partial charge in [0.1, 0.15) is 0 Å². The van der Waals surface area contributed by atoms with Crippen LogP contribution in [0.4, 0.5) is 22.0 Å². The van der Waals surface area contributed by atoms with Crippen molar-refractivity contribution >= 4 is 0 Å². The van der Waals surface area contributed by atoms with Gasteiger partial charge in [-0.2, -0.15) is 13.2 Å². The van der Waals surface area contributed by atoms with Crippen LogP contribution in [0.15, 0.2) is 42.5 Å². The number of hydrogen-bond donors (Lipinski definition) is 2. The predicted molar refractivity (Wildman–Crippen MR) is 67.0 cm³/mol. The minimum Gasteiger partial charge on any atom is -0.271 e. The van der Waals surface area contributed by atoms with E-state index in [0.29, 0.717) is 0 Å². The number of benzene rings is 2. The topological polar surface area (TPSA) is 38.0 Å². The van der Waals surface area contributed by atoms with E-state index in [1.54, 1.807) is 0 Å². The van der Waals surface area contributed by atoms with Crippen molar-refractivity contribution in [2.45, 2.75) is 12.2 Å². The van der Waals surface area contributed by atoms with Crippen LogP contribution in [-0.2, 0) is 6.18 Å². The van der Waals surface area contributed by atoms with Crippen molar-refractivity contribution in [1.82, 2.24) is 5.43 Å². The van der Waals surface area contributed by atoms with Crippen LogP contribution in [0.3, 0.4) is 0 Å². The molecule has 112 valence electrons. The average molecular weight is 302 g/mol. The van der Waals surface area contributed by atoms with Crippen molar-refractivity contribution in [2.75, 3.05) is 0 Å². The number of nitrogens with two attached hydrogens (primary N) is 1. The highest BCUT2D eigenvalue weighted by Crippen LogP contribution is 2.32. The van der Waals surface area contributed by atoms with Crippen molar-refractivity contribution in [3.63, 3.8) is 0 Å². The molecule has 21 heavy (non-hydrogen) atoms. The molecule has 2 rings (SSSR count). The normalized spacial score (nSPS) is 13.2. The van der Waals surface area contributed by atoms with Gasteiger partial charge in [-0.3, -0.25) is 5.84 Å². The molecule has 1 atom stereocenters. The van der Waals surface area contributed by atoms with Gasteiger partial charge in [-0.05, 0) is 23.8 Å². The highest BCUT2D eigenvalue weighted by molar-refractivity contribution is 5.36. The van der Waals surface area contributed by atoms with E-state index in [0.717, 1.165) is 18.2 Å². The van der Waals surface area contributed by atoms with Gasteiger partial charge in [0.15, 0.2) is 11.6 Å². The largest absolute Gasteiger partial charge is 0.416 e. The van der Waals surface area contributed by atoms with E-state index in [4.69, 9.17) is 5.84 Å². The molecule has 7 heteroatoms. The summed E-state index contributed by atoms with van der Waals surface area (Å²) in [6.07, 6.45) is -4.53. The van der Waals surface area contributed by atoms with Crippen molar-refractivity contribution < 1.29 is 22.0 Å². The van der Waals surface area contributed by atoms with Crippen LogP contribution in [0.2, 0.25) is 0 Å². The molecular weight excluding hydrogens is 291 g/mol.